The molecule has 0 bridgehead atoms. The highest BCUT2D eigenvalue weighted by Gasteiger charge is 2.35. The molecule has 1 aliphatic rings. The van der Waals surface area contributed by atoms with Crippen molar-refractivity contribution in [2.24, 2.45) is 0 Å². The number of carbonyl (C=O) groups is 2. The Morgan fingerprint density at radius 1 is 1.43 bits per heavy atom. The van der Waals surface area contributed by atoms with Crippen molar-refractivity contribution in [3.05, 3.63) is 22.7 Å². The molecule has 0 radical (unpaired) electrons. The maximum Gasteiger partial charge on any atom is 0.307 e. The summed E-state index contributed by atoms with van der Waals surface area (Å²) in [6.45, 7) is 1.50. The van der Waals surface area contributed by atoms with Crippen molar-refractivity contribution in [1.82, 2.24) is 15.5 Å². The fourth-order valence-corrected chi connectivity index (χ4v) is 3.78. The summed E-state index contributed by atoms with van der Waals surface area (Å²) in [5, 5.41) is 19.9. The summed E-state index contributed by atoms with van der Waals surface area (Å²) in [6, 6.07) is 4.10. The zero-order valence-corrected chi connectivity index (χ0v) is 16.5. The Morgan fingerprint density at radius 3 is 2.89 bits per heavy atom. The number of nitriles is 1. The van der Waals surface area contributed by atoms with Gasteiger partial charge in [0.2, 0.25) is 11.7 Å². The number of thiophene rings is 1. The van der Waals surface area contributed by atoms with Crippen molar-refractivity contribution in [3.63, 3.8) is 0 Å². The summed E-state index contributed by atoms with van der Waals surface area (Å²) in [5.74, 6) is -0.172. The van der Waals surface area contributed by atoms with E-state index in [1.807, 2.05) is 16.8 Å². The van der Waals surface area contributed by atoms with E-state index in [0.717, 1.165) is 24.8 Å². The van der Waals surface area contributed by atoms with Gasteiger partial charge in [-0.1, -0.05) is 24.4 Å². The number of amides is 1. The van der Waals surface area contributed by atoms with Crippen LogP contribution in [0.15, 0.2) is 21.3 Å². The molecule has 1 atom stereocenters. The number of nitrogens with zero attached hydrogens (tertiary/aromatic N) is 3. The molecule has 1 fully saturated rings. The number of hydrogen-bond acceptors (Lipinski definition) is 8. The van der Waals surface area contributed by atoms with Crippen LogP contribution in [0, 0.1) is 11.3 Å². The molecule has 8 nitrogen and oxygen atoms in total. The number of aryl methyl sites for hydroxylation is 1. The molecule has 0 spiro atoms. The van der Waals surface area contributed by atoms with Crippen LogP contribution in [-0.4, -0.2) is 33.7 Å². The van der Waals surface area contributed by atoms with E-state index in [2.05, 4.69) is 21.5 Å². The van der Waals surface area contributed by atoms with Crippen LogP contribution in [0.1, 0.15) is 51.3 Å². The van der Waals surface area contributed by atoms with Crippen molar-refractivity contribution in [2.75, 3.05) is 0 Å². The summed E-state index contributed by atoms with van der Waals surface area (Å²) < 4.78 is 10.3. The molecule has 1 unspecified atom stereocenters. The zero-order chi connectivity index (χ0) is 20.0. The Hall–Kier alpha value is -2.73. The average molecular weight is 402 g/mol. The van der Waals surface area contributed by atoms with E-state index in [9.17, 15) is 14.9 Å². The molecule has 2 aromatic rings. The van der Waals surface area contributed by atoms with Crippen LogP contribution in [-0.2, 0) is 20.7 Å². The highest BCUT2D eigenvalue weighted by atomic mass is 32.1. The van der Waals surface area contributed by atoms with Gasteiger partial charge in [-0.3, -0.25) is 9.59 Å². The van der Waals surface area contributed by atoms with Crippen molar-refractivity contribution in [2.45, 2.75) is 63.5 Å². The monoisotopic (exact) mass is 402 g/mol. The average Bonchev–Trinajstić information content (AvgIpc) is 3.38. The molecule has 0 aromatic carbocycles. The first kappa shape index (κ1) is 20.0. The van der Waals surface area contributed by atoms with Crippen molar-refractivity contribution >= 4 is 23.2 Å². The van der Waals surface area contributed by atoms with Gasteiger partial charge in [0, 0.05) is 17.4 Å². The number of rotatable bonds is 7. The van der Waals surface area contributed by atoms with Crippen LogP contribution in [0.4, 0.5) is 0 Å². The molecule has 148 valence electrons. The van der Waals surface area contributed by atoms with E-state index in [1.165, 1.54) is 18.3 Å². The molecule has 9 heteroatoms. The maximum absolute atomic E-state index is 12.3. The lowest BCUT2D eigenvalue weighted by Crippen LogP contribution is -2.52. The lowest BCUT2D eigenvalue weighted by molar-refractivity contribution is -0.155. The third kappa shape index (κ3) is 4.95. The first-order valence-corrected chi connectivity index (χ1v) is 10.2. The molecule has 1 N–H and O–H groups in total. The first-order chi connectivity index (χ1) is 13.5. The second-order valence-electron chi connectivity index (χ2n) is 6.90. The second kappa shape index (κ2) is 8.97. The molecule has 3 rings (SSSR count). The Bertz CT molecular complexity index is 850. The predicted molar refractivity (Wildman–Crippen MR) is 101 cm³/mol. The number of ether oxygens (including phenoxy) is 1. The van der Waals surface area contributed by atoms with Gasteiger partial charge in [0.1, 0.15) is 5.54 Å². The topological polar surface area (TPSA) is 118 Å². The Kier molecular flexibility index (Phi) is 6.41. The number of carbonyl (C=O) groups excluding carboxylic acids is 2. The van der Waals surface area contributed by atoms with Gasteiger partial charge in [-0.25, -0.2) is 0 Å². The standard InChI is InChI=1S/C19H22N4O4S/c1-13(18(25)22-19(12-20)8-3-2-4-9-19)26-16(24)6-5-15-21-17(23-27-15)14-7-10-28-11-14/h7,10-11,13H,2-6,8-9H2,1H3,(H,22,25). The summed E-state index contributed by atoms with van der Waals surface area (Å²) in [5.41, 5.74) is 0.0136. The predicted octanol–water partition coefficient (Wildman–Crippen LogP) is 3.01. The number of aromatic nitrogens is 2. The normalized spacial score (nSPS) is 16.7. The van der Waals surface area contributed by atoms with Gasteiger partial charge >= 0.3 is 5.97 Å². The van der Waals surface area contributed by atoms with Crippen molar-refractivity contribution < 1.29 is 18.8 Å². The summed E-state index contributed by atoms with van der Waals surface area (Å²) in [4.78, 5) is 28.6. The minimum absolute atomic E-state index is 0.0201. The van der Waals surface area contributed by atoms with Crippen LogP contribution in [0.3, 0.4) is 0 Å². The molecule has 2 heterocycles. The van der Waals surface area contributed by atoms with Gasteiger partial charge in [0.25, 0.3) is 5.91 Å². The molecule has 28 heavy (non-hydrogen) atoms. The minimum atomic E-state index is -0.969. The van der Waals surface area contributed by atoms with Crippen molar-refractivity contribution in [3.8, 4) is 17.5 Å². The van der Waals surface area contributed by atoms with Gasteiger partial charge in [-0.15, -0.1) is 0 Å². The van der Waals surface area contributed by atoms with E-state index in [0.29, 0.717) is 24.6 Å². The molecule has 1 amide bonds. The molecule has 0 saturated heterocycles. The summed E-state index contributed by atoms with van der Waals surface area (Å²) in [6.07, 6.45) is 3.40. The first-order valence-electron chi connectivity index (χ1n) is 9.29. The molecular formula is C19H22N4O4S. The molecule has 1 saturated carbocycles. The van der Waals surface area contributed by atoms with E-state index in [4.69, 9.17) is 9.26 Å². The maximum atomic E-state index is 12.3. The lowest BCUT2D eigenvalue weighted by Gasteiger charge is -2.32. The number of esters is 1. The van der Waals surface area contributed by atoms with Gasteiger partial charge < -0.3 is 14.6 Å². The van der Waals surface area contributed by atoms with Crippen molar-refractivity contribution in [1.29, 1.82) is 5.26 Å². The smallest absolute Gasteiger partial charge is 0.307 e. The van der Waals surface area contributed by atoms with E-state index < -0.39 is 23.5 Å². The third-order valence-corrected chi connectivity index (χ3v) is 5.43. The largest absolute Gasteiger partial charge is 0.453 e. The Balaban J connectivity index is 1.46. The highest BCUT2D eigenvalue weighted by Crippen LogP contribution is 2.27. The molecule has 2 aromatic heterocycles. The van der Waals surface area contributed by atoms with Crippen LogP contribution in [0.25, 0.3) is 11.4 Å². The Labute approximate surface area is 166 Å². The van der Waals surface area contributed by atoms with Crippen LogP contribution >= 0.6 is 11.3 Å². The van der Waals surface area contributed by atoms with Crippen LogP contribution in [0.5, 0.6) is 0 Å². The SMILES string of the molecule is CC(OC(=O)CCc1nc(-c2ccsc2)no1)C(=O)NC1(C#N)CCCCC1. The number of hydrogen-bond donors (Lipinski definition) is 1. The fourth-order valence-electron chi connectivity index (χ4n) is 3.14. The summed E-state index contributed by atoms with van der Waals surface area (Å²) in [7, 11) is 0. The third-order valence-electron chi connectivity index (χ3n) is 4.75. The van der Waals surface area contributed by atoms with E-state index >= 15 is 0 Å². The number of nitrogens with one attached hydrogen (secondary N) is 1. The van der Waals surface area contributed by atoms with Crippen LogP contribution < -0.4 is 5.32 Å². The van der Waals surface area contributed by atoms with Gasteiger partial charge in [-0.2, -0.15) is 21.6 Å². The van der Waals surface area contributed by atoms with E-state index in [-0.39, 0.29) is 12.8 Å². The van der Waals surface area contributed by atoms with Gasteiger partial charge in [0.05, 0.1) is 12.5 Å². The Morgan fingerprint density at radius 2 is 2.21 bits per heavy atom. The van der Waals surface area contributed by atoms with Gasteiger partial charge in [0.15, 0.2) is 6.10 Å². The fraction of sp³-hybridized carbons (Fsp3) is 0.526. The molecule has 1 aliphatic carbocycles. The molecular weight excluding hydrogens is 380 g/mol. The van der Waals surface area contributed by atoms with Gasteiger partial charge in [-0.05, 0) is 31.2 Å². The zero-order valence-electron chi connectivity index (χ0n) is 15.6. The highest BCUT2D eigenvalue weighted by molar-refractivity contribution is 7.08. The lowest BCUT2D eigenvalue weighted by atomic mass is 9.83. The minimum Gasteiger partial charge on any atom is -0.453 e. The summed E-state index contributed by atoms with van der Waals surface area (Å²) >= 11 is 1.53. The quantitative estimate of drug-likeness (QED) is 0.707. The molecule has 0 aliphatic heterocycles. The van der Waals surface area contributed by atoms with Crippen LogP contribution in [0.2, 0.25) is 0 Å². The second-order valence-corrected chi connectivity index (χ2v) is 7.68. The van der Waals surface area contributed by atoms with E-state index in [1.54, 1.807) is 0 Å².